The molecule has 0 aromatic carbocycles. The molecule has 0 atom stereocenters. The molecule has 2 aromatic heterocycles. The fourth-order valence-electron chi connectivity index (χ4n) is 1.29. The molecule has 2 rings (SSSR count). The van der Waals surface area contributed by atoms with Crippen molar-refractivity contribution in [1.82, 2.24) is 0 Å². The molecule has 0 fully saturated rings. The first-order chi connectivity index (χ1) is 7.72. The summed E-state index contributed by atoms with van der Waals surface area (Å²) in [5, 5.41) is 1.86. The first-order valence-corrected chi connectivity index (χ1v) is 6.25. The molecule has 0 saturated heterocycles. The quantitative estimate of drug-likeness (QED) is 0.812. The molecular weight excluding hydrogens is 292 g/mol. The first-order valence-electron chi connectivity index (χ1n) is 4.57. The number of hydrogen-bond acceptors (Lipinski definition) is 4. The molecular formula is C11H9BrO3S. The van der Waals surface area contributed by atoms with Gasteiger partial charge in [0, 0.05) is 11.6 Å². The maximum Gasteiger partial charge on any atom is 0.239 e. The Morgan fingerprint density at radius 3 is 2.94 bits per heavy atom. The number of methoxy groups -OCH3 is 1. The predicted molar refractivity (Wildman–Crippen MR) is 64.9 cm³/mol. The number of carbonyl (C=O) groups is 1. The molecule has 0 spiro atoms. The summed E-state index contributed by atoms with van der Waals surface area (Å²) in [7, 11) is 1.58. The summed E-state index contributed by atoms with van der Waals surface area (Å²) < 4.78 is 11.1. The normalized spacial score (nSPS) is 10.6. The van der Waals surface area contributed by atoms with Gasteiger partial charge in [0.15, 0.2) is 5.76 Å². The van der Waals surface area contributed by atoms with Gasteiger partial charge in [0.05, 0.1) is 4.88 Å². The van der Waals surface area contributed by atoms with E-state index >= 15 is 0 Å². The summed E-state index contributed by atoms with van der Waals surface area (Å²) in [6.07, 6.45) is 0. The lowest BCUT2D eigenvalue weighted by Crippen LogP contribution is -1.97. The second kappa shape index (κ2) is 4.95. The highest BCUT2D eigenvalue weighted by atomic mass is 79.9. The Labute approximate surface area is 105 Å². The highest BCUT2D eigenvalue weighted by molar-refractivity contribution is 9.10. The predicted octanol–water partition coefficient (Wildman–Crippen LogP) is 3.48. The molecule has 0 N–H and O–H groups in total. The van der Waals surface area contributed by atoms with Gasteiger partial charge in [0.25, 0.3) is 0 Å². The molecule has 0 bridgehead atoms. The number of ketones is 1. The molecule has 84 valence electrons. The van der Waals surface area contributed by atoms with Crippen molar-refractivity contribution >= 4 is 33.0 Å². The molecule has 0 aliphatic heterocycles. The number of ether oxygens (including phenoxy) is 1. The van der Waals surface area contributed by atoms with Crippen LogP contribution in [0, 0.1) is 0 Å². The molecule has 3 nitrogen and oxygen atoms in total. The van der Waals surface area contributed by atoms with Gasteiger partial charge >= 0.3 is 0 Å². The van der Waals surface area contributed by atoms with Crippen molar-refractivity contribution in [3.63, 3.8) is 0 Å². The van der Waals surface area contributed by atoms with Gasteiger partial charge in [-0.2, -0.15) is 0 Å². The maximum absolute atomic E-state index is 12.0. The molecule has 0 unspecified atom stereocenters. The number of furan rings is 1. The van der Waals surface area contributed by atoms with Crippen LogP contribution < -0.4 is 0 Å². The average molecular weight is 301 g/mol. The van der Waals surface area contributed by atoms with Gasteiger partial charge in [-0.3, -0.25) is 4.79 Å². The number of rotatable bonds is 4. The van der Waals surface area contributed by atoms with Crippen molar-refractivity contribution in [3.8, 4) is 0 Å². The average Bonchev–Trinajstić information content (AvgIpc) is 2.87. The Morgan fingerprint density at radius 1 is 1.50 bits per heavy atom. The lowest BCUT2D eigenvalue weighted by molar-refractivity contribution is 0.100. The second-order valence-corrected chi connectivity index (χ2v) is 4.90. The smallest absolute Gasteiger partial charge is 0.239 e. The summed E-state index contributed by atoms with van der Waals surface area (Å²) in [6, 6.07) is 5.26. The summed E-state index contributed by atoms with van der Waals surface area (Å²) in [6.45, 7) is 0.374. The topological polar surface area (TPSA) is 39.4 Å². The zero-order valence-corrected chi connectivity index (χ0v) is 10.9. The van der Waals surface area contributed by atoms with E-state index in [1.165, 1.54) is 11.3 Å². The fraction of sp³-hybridized carbons (Fsp3) is 0.182. The van der Waals surface area contributed by atoms with E-state index in [2.05, 4.69) is 15.9 Å². The van der Waals surface area contributed by atoms with Gasteiger partial charge < -0.3 is 9.15 Å². The van der Waals surface area contributed by atoms with Crippen LogP contribution in [0.15, 0.2) is 32.5 Å². The fourth-order valence-corrected chi connectivity index (χ4v) is 2.78. The minimum atomic E-state index is -0.107. The lowest BCUT2D eigenvalue weighted by atomic mass is 10.2. The zero-order chi connectivity index (χ0) is 11.5. The van der Waals surface area contributed by atoms with E-state index in [-0.39, 0.29) is 5.78 Å². The highest BCUT2D eigenvalue weighted by Gasteiger charge is 2.17. The molecule has 16 heavy (non-hydrogen) atoms. The molecule has 2 heterocycles. The van der Waals surface area contributed by atoms with Crippen molar-refractivity contribution in [1.29, 1.82) is 0 Å². The summed E-state index contributed by atoms with van der Waals surface area (Å²) in [4.78, 5) is 12.6. The van der Waals surface area contributed by atoms with Gasteiger partial charge in [0.1, 0.15) is 12.4 Å². The van der Waals surface area contributed by atoms with Gasteiger partial charge in [-0.25, -0.2) is 0 Å². The van der Waals surface area contributed by atoms with Crippen LogP contribution in [0.2, 0.25) is 0 Å². The Kier molecular flexibility index (Phi) is 3.58. The summed E-state index contributed by atoms with van der Waals surface area (Å²) in [5.74, 6) is 0.887. The van der Waals surface area contributed by atoms with E-state index < -0.39 is 0 Å². The van der Waals surface area contributed by atoms with Crippen LogP contribution in [-0.2, 0) is 11.3 Å². The first kappa shape index (κ1) is 11.6. The molecule has 0 amide bonds. The summed E-state index contributed by atoms with van der Waals surface area (Å²) in [5.41, 5.74) is 0. The molecule has 0 aliphatic rings. The van der Waals surface area contributed by atoms with Crippen molar-refractivity contribution in [2.75, 3.05) is 7.11 Å². The van der Waals surface area contributed by atoms with E-state index in [1.54, 1.807) is 19.2 Å². The molecule has 0 radical (unpaired) electrons. The van der Waals surface area contributed by atoms with Crippen LogP contribution in [0.5, 0.6) is 0 Å². The van der Waals surface area contributed by atoms with Crippen LogP contribution in [-0.4, -0.2) is 12.9 Å². The largest absolute Gasteiger partial charge is 0.455 e. The zero-order valence-electron chi connectivity index (χ0n) is 8.53. The Bertz CT molecular complexity index is 501. The third-order valence-corrected chi connectivity index (χ3v) is 3.83. The Balaban J connectivity index is 2.24. The van der Waals surface area contributed by atoms with Crippen molar-refractivity contribution < 1.29 is 13.9 Å². The molecule has 0 aliphatic carbocycles. The van der Waals surface area contributed by atoms with Gasteiger partial charge in [-0.05, 0) is 39.5 Å². The van der Waals surface area contributed by atoms with Crippen LogP contribution in [0.4, 0.5) is 0 Å². The molecule has 0 saturated carbocycles. The van der Waals surface area contributed by atoms with Crippen molar-refractivity contribution in [2.45, 2.75) is 6.61 Å². The summed E-state index contributed by atoms with van der Waals surface area (Å²) >= 11 is 4.71. The van der Waals surface area contributed by atoms with E-state index in [9.17, 15) is 4.79 Å². The monoisotopic (exact) mass is 300 g/mol. The number of carbonyl (C=O) groups excluding carboxylic acids is 1. The number of halogens is 1. The number of hydrogen-bond donors (Lipinski definition) is 0. The van der Waals surface area contributed by atoms with Crippen molar-refractivity contribution in [2.24, 2.45) is 0 Å². The molecule has 5 heteroatoms. The lowest BCUT2D eigenvalue weighted by Gasteiger charge is -1.95. The Hall–Kier alpha value is -0.910. The van der Waals surface area contributed by atoms with Gasteiger partial charge in [0.2, 0.25) is 5.78 Å². The third-order valence-electron chi connectivity index (χ3n) is 2.00. The van der Waals surface area contributed by atoms with E-state index in [4.69, 9.17) is 9.15 Å². The van der Waals surface area contributed by atoms with Crippen LogP contribution in [0.25, 0.3) is 0 Å². The van der Waals surface area contributed by atoms with Gasteiger partial charge in [-0.1, -0.05) is 0 Å². The van der Waals surface area contributed by atoms with E-state index in [0.29, 0.717) is 23.0 Å². The SMILES string of the molecule is COCc1ccc(C(=O)c2sccc2Br)o1. The van der Waals surface area contributed by atoms with Gasteiger partial charge in [-0.15, -0.1) is 11.3 Å². The minimum absolute atomic E-state index is 0.107. The molecule has 2 aromatic rings. The van der Waals surface area contributed by atoms with Crippen LogP contribution in [0.1, 0.15) is 21.2 Å². The van der Waals surface area contributed by atoms with E-state index in [1.807, 2.05) is 11.4 Å². The third kappa shape index (κ3) is 2.26. The van der Waals surface area contributed by atoms with Crippen LogP contribution >= 0.6 is 27.3 Å². The standard InChI is InChI=1S/C11H9BrO3S/c1-14-6-7-2-3-9(15-7)10(13)11-8(12)4-5-16-11/h2-5H,6H2,1H3. The maximum atomic E-state index is 12.0. The van der Waals surface area contributed by atoms with E-state index in [0.717, 1.165) is 4.47 Å². The number of thiophene rings is 1. The minimum Gasteiger partial charge on any atom is -0.455 e. The van der Waals surface area contributed by atoms with Crippen molar-refractivity contribution in [3.05, 3.63) is 44.4 Å². The van der Waals surface area contributed by atoms with Crippen LogP contribution in [0.3, 0.4) is 0 Å². The Morgan fingerprint density at radius 2 is 2.31 bits per heavy atom. The highest BCUT2D eigenvalue weighted by Crippen LogP contribution is 2.26. The second-order valence-electron chi connectivity index (χ2n) is 3.13.